The zero-order chi connectivity index (χ0) is 18.0. The SMILES string of the molecule is COCC(NC(=O)c1c[nH]c2c(cnn2C)c1=O)c1ccc(Cl)cc1. The summed E-state index contributed by atoms with van der Waals surface area (Å²) < 4.78 is 6.72. The van der Waals surface area contributed by atoms with Gasteiger partial charge < -0.3 is 15.0 Å². The van der Waals surface area contributed by atoms with Crippen molar-refractivity contribution in [2.24, 2.45) is 7.05 Å². The third kappa shape index (κ3) is 3.42. The first-order valence-corrected chi connectivity index (χ1v) is 7.97. The number of amides is 1. The van der Waals surface area contributed by atoms with Gasteiger partial charge in [0.1, 0.15) is 11.2 Å². The Bertz CT molecular complexity index is 962. The van der Waals surface area contributed by atoms with Gasteiger partial charge in [-0.25, -0.2) is 0 Å². The molecule has 2 aromatic heterocycles. The number of aryl methyl sites for hydroxylation is 1. The number of nitrogens with zero attached hydrogens (tertiary/aromatic N) is 2. The monoisotopic (exact) mass is 360 g/mol. The van der Waals surface area contributed by atoms with Gasteiger partial charge in [0.05, 0.1) is 24.2 Å². The molecule has 2 heterocycles. The molecule has 1 aromatic carbocycles. The highest BCUT2D eigenvalue weighted by Gasteiger charge is 2.19. The zero-order valence-electron chi connectivity index (χ0n) is 13.7. The van der Waals surface area contributed by atoms with Crippen molar-refractivity contribution in [3.05, 3.63) is 63.0 Å². The summed E-state index contributed by atoms with van der Waals surface area (Å²) in [4.78, 5) is 28.1. The average molecular weight is 361 g/mol. The highest BCUT2D eigenvalue weighted by Crippen LogP contribution is 2.17. The van der Waals surface area contributed by atoms with Crippen LogP contribution in [0.15, 0.2) is 41.5 Å². The Balaban J connectivity index is 1.90. The Labute approximate surface area is 148 Å². The average Bonchev–Trinajstić information content (AvgIpc) is 2.97. The summed E-state index contributed by atoms with van der Waals surface area (Å²) in [6.45, 7) is 0.264. The molecule has 1 unspecified atom stereocenters. The van der Waals surface area contributed by atoms with Crippen LogP contribution in [0.3, 0.4) is 0 Å². The fourth-order valence-corrected chi connectivity index (χ4v) is 2.74. The Kier molecular flexibility index (Phi) is 4.87. The maximum Gasteiger partial charge on any atom is 0.257 e. The van der Waals surface area contributed by atoms with Crippen LogP contribution in [0.25, 0.3) is 11.0 Å². The van der Waals surface area contributed by atoms with E-state index in [0.717, 1.165) is 5.56 Å². The smallest absolute Gasteiger partial charge is 0.257 e. The summed E-state index contributed by atoms with van der Waals surface area (Å²) in [6.07, 6.45) is 2.84. The second-order valence-electron chi connectivity index (χ2n) is 5.59. The lowest BCUT2D eigenvalue weighted by Crippen LogP contribution is -2.34. The van der Waals surface area contributed by atoms with Gasteiger partial charge in [-0.2, -0.15) is 5.10 Å². The Morgan fingerprint density at radius 2 is 2.12 bits per heavy atom. The maximum atomic E-state index is 12.6. The molecule has 3 aromatic rings. The van der Waals surface area contributed by atoms with E-state index in [1.54, 1.807) is 43.1 Å². The summed E-state index contributed by atoms with van der Waals surface area (Å²) in [5.74, 6) is -0.482. The van der Waals surface area contributed by atoms with Gasteiger partial charge in [0.25, 0.3) is 5.91 Å². The van der Waals surface area contributed by atoms with Crippen LogP contribution in [0.2, 0.25) is 5.02 Å². The Morgan fingerprint density at radius 3 is 2.80 bits per heavy atom. The third-order valence-electron chi connectivity index (χ3n) is 3.94. The van der Waals surface area contributed by atoms with Crippen molar-refractivity contribution in [1.29, 1.82) is 0 Å². The van der Waals surface area contributed by atoms with Crippen LogP contribution in [0.1, 0.15) is 22.0 Å². The molecule has 1 amide bonds. The molecule has 0 spiro atoms. The van der Waals surface area contributed by atoms with E-state index < -0.39 is 11.9 Å². The molecule has 1 atom stereocenters. The minimum atomic E-state index is -0.482. The summed E-state index contributed by atoms with van der Waals surface area (Å²) in [7, 11) is 3.26. The topological polar surface area (TPSA) is 89.0 Å². The van der Waals surface area contributed by atoms with Crippen LogP contribution in [0.5, 0.6) is 0 Å². The number of pyridine rings is 1. The van der Waals surface area contributed by atoms with Gasteiger partial charge in [0.15, 0.2) is 0 Å². The number of aromatic amines is 1. The number of carbonyl (C=O) groups is 1. The first kappa shape index (κ1) is 17.2. The Morgan fingerprint density at radius 1 is 1.40 bits per heavy atom. The summed E-state index contributed by atoms with van der Waals surface area (Å²) in [5.41, 5.74) is 1.05. The molecule has 0 bridgehead atoms. The van der Waals surface area contributed by atoms with Crippen molar-refractivity contribution in [2.75, 3.05) is 13.7 Å². The van der Waals surface area contributed by atoms with Crippen molar-refractivity contribution in [3.8, 4) is 0 Å². The summed E-state index contributed by atoms with van der Waals surface area (Å²) >= 11 is 5.90. The van der Waals surface area contributed by atoms with Crippen molar-refractivity contribution >= 4 is 28.5 Å². The Hall–Kier alpha value is -2.64. The number of H-pyrrole nitrogens is 1. The minimum absolute atomic E-state index is 0.0237. The number of methoxy groups -OCH3 is 1. The molecule has 7 nitrogen and oxygen atoms in total. The van der Waals surface area contributed by atoms with Crippen LogP contribution in [0.4, 0.5) is 0 Å². The second-order valence-corrected chi connectivity index (χ2v) is 6.03. The number of carbonyl (C=O) groups excluding carboxylic acids is 1. The van der Waals surface area contributed by atoms with Gasteiger partial charge >= 0.3 is 0 Å². The number of rotatable bonds is 5. The predicted octanol–water partition coefficient (Wildman–Crippen LogP) is 2.03. The van der Waals surface area contributed by atoms with E-state index in [9.17, 15) is 9.59 Å². The molecule has 0 radical (unpaired) electrons. The first-order chi connectivity index (χ1) is 12.0. The third-order valence-corrected chi connectivity index (χ3v) is 4.19. The lowest BCUT2D eigenvalue weighted by atomic mass is 10.1. The molecular formula is C17H17ClN4O3. The molecule has 8 heteroatoms. The molecule has 0 saturated heterocycles. The van der Waals surface area contributed by atoms with Crippen LogP contribution >= 0.6 is 11.6 Å². The van der Waals surface area contributed by atoms with E-state index in [-0.39, 0.29) is 17.6 Å². The van der Waals surface area contributed by atoms with E-state index in [4.69, 9.17) is 16.3 Å². The van der Waals surface area contributed by atoms with Gasteiger partial charge in [-0.3, -0.25) is 14.3 Å². The predicted molar refractivity (Wildman–Crippen MR) is 94.9 cm³/mol. The van der Waals surface area contributed by atoms with Gasteiger partial charge in [0, 0.05) is 25.4 Å². The molecule has 0 aliphatic carbocycles. The fraction of sp³-hybridized carbons (Fsp3) is 0.235. The van der Waals surface area contributed by atoms with E-state index in [2.05, 4.69) is 15.4 Å². The molecule has 3 rings (SSSR count). The van der Waals surface area contributed by atoms with Gasteiger partial charge in [-0.1, -0.05) is 23.7 Å². The molecule has 0 saturated carbocycles. The highest BCUT2D eigenvalue weighted by molar-refractivity contribution is 6.30. The zero-order valence-corrected chi connectivity index (χ0v) is 14.5. The van der Waals surface area contributed by atoms with Crippen LogP contribution in [-0.2, 0) is 11.8 Å². The highest BCUT2D eigenvalue weighted by atomic mass is 35.5. The van der Waals surface area contributed by atoms with E-state index in [1.807, 2.05) is 0 Å². The van der Waals surface area contributed by atoms with Crippen molar-refractivity contribution in [3.63, 3.8) is 0 Å². The van der Waals surface area contributed by atoms with E-state index in [1.165, 1.54) is 12.4 Å². The minimum Gasteiger partial charge on any atom is -0.382 e. The molecule has 25 heavy (non-hydrogen) atoms. The number of aromatic nitrogens is 3. The van der Waals surface area contributed by atoms with Crippen molar-refractivity contribution in [2.45, 2.75) is 6.04 Å². The van der Waals surface area contributed by atoms with E-state index in [0.29, 0.717) is 16.1 Å². The van der Waals surface area contributed by atoms with E-state index >= 15 is 0 Å². The number of fused-ring (bicyclic) bond motifs is 1. The number of hydrogen-bond donors (Lipinski definition) is 2. The normalized spacial score (nSPS) is 12.3. The number of halogens is 1. The number of benzene rings is 1. The number of nitrogens with one attached hydrogen (secondary N) is 2. The quantitative estimate of drug-likeness (QED) is 0.728. The standard InChI is InChI=1S/C17H17ClN4O3/c1-22-16-12(8-20-22)15(23)13(7-19-16)17(24)21-14(9-25-2)10-3-5-11(18)6-4-10/h3-8,14H,9H2,1-2H3,(H,19,23)(H,21,24). The molecule has 2 N–H and O–H groups in total. The largest absolute Gasteiger partial charge is 0.382 e. The molecule has 0 aliphatic heterocycles. The molecule has 0 aliphatic rings. The van der Waals surface area contributed by atoms with Crippen LogP contribution in [-0.4, -0.2) is 34.4 Å². The van der Waals surface area contributed by atoms with Gasteiger partial charge in [-0.05, 0) is 17.7 Å². The van der Waals surface area contributed by atoms with Gasteiger partial charge in [-0.15, -0.1) is 0 Å². The van der Waals surface area contributed by atoms with Crippen LogP contribution < -0.4 is 10.7 Å². The maximum absolute atomic E-state index is 12.6. The number of hydrogen-bond acceptors (Lipinski definition) is 4. The second kappa shape index (κ2) is 7.08. The van der Waals surface area contributed by atoms with Gasteiger partial charge in [0.2, 0.25) is 5.43 Å². The van der Waals surface area contributed by atoms with Crippen molar-refractivity contribution in [1.82, 2.24) is 20.1 Å². The molecule has 130 valence electrons. The lowest BCUT2D eigenvalue weighted by Gasteiger charge is -2.18. The fourth-order valence-electron chi connectivity index (χ4n) is 2.61. The summed E-state index contributed by atoms with van der Waals surface area (Å²) in [5, 5.41) is 7.82. The molecular weight excluding hydrogens is 344 g/mol. The molecule has 0 fully saturated rings. The number of ether oxygens (including phenoxy) is 1. The lowest BCUT2D eigenvalue weighted by molar-refractivity contribution is 0.0895. The van der Waals surface area contributed by atoms with Crippen molar-refractivity contribution < 1.29 is 9.53 Å². The van der Waals surface area contributed by atoms with Crippen LogP contribution in [0, 0.1) is 0 Å². The first-order valence-electron chi connectivity index (χ1n) is 7.60. The summed E-state index contributed by atoms with van der Waals surface area (Å²) in [6, 6.07) is 6.68.